The first-order valence-electron chi connectivity index (χ1n) is 7.76. The lowest BCUT2D eigenvalue weighted by Gasteiger charge is -2.37. The number of benzene rings is 1. The molecule has 1 aromatic carbocycles. The molecule has 2 aromatic rings. The van der Waals surface area contributed by atoms with Crippen LogP contribution in [0.4, 0.5) is 4.39 Å². The molecule has 1 aliphatic rings. The van der Waals surface area contributed by atoms with Crippen LogP contribution in [0.2, 0.25) is 0 Å². The molecule has 1 aliphatic heterocycles. The van der Waals surface area contributed by atoms with Crippen molar-refractivity contribution in [2.75, 3.05) is 26.2 Å². The standard InChI is InChI=1S/C17H22FN3O/c1-13-10-17(22-19-13)12-20-6-8-21(9-7-20)14(2)15-4-3-5-16(18)11-15/h3-5,10-11,14H,6-9,12H2,1-2H3/t14-/m1/s1. The Hall–Kier alpha value is -1.72. The van der Waals surface area contributed by atoms with Gasteiger partial charge in [0.2, 0.25) is 0 Å². The predicted octanol–water partition coefficient (Wildman–Crippen LogP) is 3.00. The molecule has 2 heterocycles. The summed E-state index contributed by atoms with van der Waals surface area (Å²) in [5, 5.41) is 3.93. The zero-order valence-electron chi connectivity index (χ0n) is 13.1. The summed E-state index contributed by atoms with van der Waals surface area (Å²) in [4.78, 5) is 4.77. The molecule has 4 nitrogen and oxygen atoms in total. The average Bonchev–Trinajstić information content (AvgIpc) is 2.92. The third-order valence-electron chi connectivity index (χ3n) is 4.34. The highest BCUT2D eigenvalue weighted by Gasteiger charge is 2.23. The van der Waals surface area contributed by atoms with Gasteiger partial charge in [-0.25, -0.2) is 4.39 Å². The fourth-order valence-corrected chi connectivity index (χ4v) is 3.00. The Morgan fingerprint density at radius 3 is 2.64 bits per heavy atom. The smallest absolute Gasteiger partial charge is 0.150 e. The Balaban J connectivity index is 1.55. The van der Waals surface area contributed by atoms with Crippen LogP contribution in [0, 0.1) is 12.7 Å². The van der Waals surface area contributed by atoms with Crippen molar-refractivity contribution in [3.05, 3.63) is 53.2 Å². The minimum atomic E-state index is -0.163. The largest absolute Gasteiger partial charge is 0.360 e. The van der Waals surface area contributed by atoms with Crippen molar-refractivity contribution in [3.8, 4) is 0 Å². The normalized spacial score (nSPS) is 18.5. The van der Waals surface area contributed by atoms with E-state index in [1.807, 2.05) is 19.1 Å². The van der Waals surface area contributed by atoms with E-state index in [4.69, 9.17) is 4.52 Å². The molecule has 0 saturated carbocycles. The van der Waals surface area contributed by atoms with Gasteiger partial charge in [0.15, 0.2) is 5.76 Å². The van der Waals surface area contributed by atoms with Gasteiger partial charge in [-0.1, -0.05) is 17.3 Å². The van der Waals surface area contributed by atoms with E-state index in [1.165, 1.54) is 6.07 Å². The number of piperazine rings is 1. The third-order valence-corrected chi connectivity index (χ3v) is 4.34. The third kappa shape index (κ3) is 3.54. The first-order valence-corrected chi connectivity index (χ1v) is 7.76. The van der Waals surface area contributed by atoms with Crippen molar-refractivity contribution in [1.29, 1.82) is 0 Å². The van der Waals surface area contributed by atoms with Crippen LogP contribution in [-0.4, -0.2) is 41.1 Å². The number of aryl methyl sites for hydroxylation is 1. The molecule has 118 valence electrons. The second-order valence-electron chi connectivity index (χ2n) is 5.98. The number of halogens is 1. The minimum absolute atomic E-state index is 0.163. The van der Waals surface area contributed by atoms with Crippen LogP contribution >= 0.6 is 0 Å². The SMILES string of the molecule is Cc1cc(CN2CCN([C@H](C)c3cccc(F)c3)CC2)on1. The maximum Gasteiger partial charge on any atom is 0.150 e. The Kier molecular flexibility index (Phi) is 4.55. The van der Waals surface area contributed by atoms with Gasteiger partial charge in [0.25, 0.3) is 0 Å². The predicted molar refractivity (Wildman–Crippen MR) is 82.9 cm³/mol. The van der Waals surface area contributed by atoms with Crippen molar-refractivity contribution in [2.45, 2.75) is 26.4 Å². The Bertz CT molecular complexity index is 620. The van der Waals surface area contributed by atoms with Gasteiger partial charge in [-0.15, -0.1) is 0 Å². The van der Waals surface area contributed by atoms with Crippen LogP contribution in [0.3, 0.4) is 0 Å². The first-order chi connectivity index (χ1) is 10.6. The topological polar surface area (TPSA) is 32.5 Å². The van der Waals surface area contributed by atoms with E-state index in [1.54, 1.807) is 12.1 Å². The minimum Gasteiger partial charge on any atom is -0.360 e. The molecular formula is C17H22FN3O. The van der Waals surface area contributed by atoms with Crippen molar-refractivity contribution >= 4 is 0 Å². The maximum absolute atomic E-state index is 13.4. The van der Waals surface area contributed by atoms with E-state index in [2.05, 4.69) is 21.9 Å². The summed E-state index contributed by atoms with van der Waals surface area (Å²) < 4.78 is 18.6. The van der Waals surface area contributed by atoms with Crippen LogP contribution in [0.1, 0.15) is 30.0 Å². The van der Waals surface area contributed by atoms with E-state index in [9.17, 15) is 4.39 Å². The lowest BCUT2D eigenvalue weighted by atomic mass is 10.1. The van der Waals surface area contributed by atoms with Crippen molar-refractivity contribution < 1.29 is 8.91 Å². The zero-order valence-corrected chi connectivity index (χ0v) is 13.1. The maximum atomic E-state index is 13.4. The van der Waals surface area contributed by atoms with Gasteiger partial charge in [-0.2, -0.15) is 0 Å². The van der Waals surface area contributed by atoms with Gasteiger partial charge in [0, 0.05) is 38.3 Å². The summed E-state index contributed by atoms with van der Waals surface area (Å²) in [6.45, 7) is 8.81. The van der Waals surface area contributed by atoms with E-state index in [0.717, 1.165) is 49.7 Å². The van der Waals surface area contributed by atoms with Gasteiger partial charge >= 0.3 is 0 Å². The fourth-order valence-electron chi connectivity index (χ4n) is 3.00. The molecule has 1 fully saturated rings. The van der Waals surface area contributed by atoms with E-state index in [-0.39, 0.29) is 11.9 Å². The highest BCUT2D eigenvalue weighted by Crippen LogP contribution is 2.22. The highest BCUT2D eigenvalue weighted by atomic mass is 19.1. The van der Waals surface area contributed by atoms with Gasteiger partial charge in [0.05, 0.1) is 12.2 Å². The quantitative estimate of drug-likeness (QED) is 0.869. The summed E-state index contributed by atoms with van der Waals surface area (Å²) in [6, 6.07) is 9.13. The number of hydrogen-bond donors (Lipinski definition) is 0. The molecule has 0 aliphatic carbocycles. The van der Waals surface area contributed by atoms with Crippen LogP contribution in [-0.2, 0) is 6.54 Å². The Morgan fingerprint density at radius 1 is 1.23 bits per heavy atom. The Morgan fingerprint density at radius 2 is 2.00 bits per heavy atom. The molecule has 1 aromatic heterocycles. The number of rotatable bonds is 4. The van der Waals surface area contributed by atoms with E-state index < -0.39 is 0 Å². The molecular weight excluding hydrogens is 281 g/mol. The van der Waals surface area contributed by atoms with Crippen LogP contribution in [0.5, 0.6) is 0 Å². The van der Waals surface area contributed by atoms with Gasteiger partial charge < -0.3 is 4.52 Å². The summed E-state index contributed by atoms with van der Waals surface area (Å²) in [5.74, 6) is 0.757. The van der Waals surface area contributed by atoms with Crippen LogP contribution in [0.15, 0.2) is 34.9 Å². The van der Waals surface area contributed by atoms with E-state index >= 15 is 0 Å². The van der Waals surface area contributed by atoms with E-state index in [0.29, 0.717) is 0 Å². The molecule has 0 unspecified atom stereocenters. The molecule has 22 heavy (non-hydrogen) atoms. The van der Waals surface area contributed by atoms with Crippen LogP contribution in [0.25, 0.3) is 0 Å². The number of nitrogens with zero attached hydrogens (tertiary/aromatic N) is 3. The molecule has 0 amide bonds. The molecule has 0 N–H and O–H groups in total. The lowest BCUT2D eigenvalue weighted by Crippen LogP contribution is -2.46. The number of hydrogen-bond acceptors (Lipinski definition) is 4. The van der Waals surface area contributed by atoms with Gasteiger partial charge in [0.1, 0.15) is 5.82 Å². The summed E-state index contributed by atoms with van der Waals surface area (Å²) in [5.41, 5.74) is 1.97. The number of aromatic nitrogens is 1. The summed E-state index contributed by atoms with van der Waals surface area (Å²) >= 11 is 0. The fraction of sp³-hybridized carbons (Fsp3) is 0.471. The first kappa shape index (κ1) is 15.2. The van der Waals surface area contributed by atoms with Crippen molar-refractivity contribution in [3.63, 3.8) is 0 Å². The molecule has 5 heteroatoms. The van der Waals surface area contributed by atoms with Gasteiger partial charge in [-0.3, -0.25) is 9.80 Å². The molecule has 1 saturated heterocycles. The van der Waals surface area contributed by atoms with Crippen molar-refractivity contribution in [1.82, 2.24) is 15.0 Å². The Labute approximate surface area is 130 Å². The van der Waals surface area contributed by atoms with Crippen LogP contribution < -0.4 is 0 Å². The monoisotopic (exact) mass is 303 g/mol. The highest BCUT2D eigenvalue weighted by molar-refractivity contribution is 5.19. The second-order valence-corrected chi connectivity index (χ2v) is 5.98. The zero-order chi connectivity index (χ0) is 15.5. The molecule has 1 atom stereocenters. The molecule has 0 bridgehead atoms. The lowest BCUT2D eigenvalue weighted by molar-refractivity contribution is 0.0916. The van der Waals surface area contributed by atoms with Gasteiger partial charge in [-0.05, 0) is 31.5 Å². The van der Waals surface area contributed by atoms with Crippen molar-refractivity contribution in [2.24, 2.45) is 0 Å². The summed E-state index contributed by atoms with van der Waals surface area (Å²) in [7, 11) is 0. The molecule has 0 spiro atoms. The second kappa shape index (κ2) is 6.58. The summed E-state index contributed by atoms with van der Waals surface area (Å²) in [6.07, 6.45) is 0. The molecule has 3 rings (SSSR count). The molecule has 0 radical (unpaired) electrons. The average molecular weight is 303 g/mol.